The van der Waals surface area contributed by atoms with Gasteiger partial charge < -0.3 is 10.5 Å². The largest absolute Gasteiger partial charge is 0.496 e. The molecule has 0 amide bonds. The first-order chi connectivity index (χ1) is 9.91. The molecule has 1 heterocycles. The third-order valence-electron chi connectivity index (χ3n) is 4.37. The second-order valence-corrected chi connectivity index (χ2v) is 7.13. The van der Waals surface area contributed by atoms with Gasteiger partial charge in [0.05, 0.1) is 12.7 Å². The molecule has 3 nitrogen and oxygen atoms in total. The summed E-state index contributed by atoms with van der Waals surface area (Å²) in [6, 6.07) is 6.13. The van der Waals surface area contributed by atoms with Crippen LogP contribution in [0, 0.1) is 5.41 Å². The summed E-state index contributed by atoms with van der Waals surface area (Å²) < 4.78 is 5.41. The second-order valence-electron chi connectivity index (χ2n) is 6.69. The van der Waals surface area contributed by atoms with Crippen molar-refractivity contribution in [3.8, 4) is 5.75 Å². The lowest BCUT2D eigenvalue weighted by molar-refractivity contribution is 0.255. The van der Waals surface area contributed by atoms with Crippen molar-refractivity contribution >= 4 is 17.2 Å². The van der Waals surface area contributed by atoms with Crippen LogP contribution in [0.3, 0.4) is 0 Å². The molecule has 1 aliphatic rings. The number of nitrogens with two attached hydrogens (primary N) is 1. The smallest absolute Gasteiger partial charge is 0.129 e. The predicted molar refractivity (Wildman–Crippen MR) is 91.8 cm³/mol. The van der Waals surface area contributed by atoms with Crippen LogP contribution in [0.15, 0.2) is 18.2 Å². The van der Waals surface area contributed by atoms with Gasteiger partial charge in [-0.25, -0.2) is 0 Å². The molecule has 4 heteroatoms. The van der Waals surface area contributed by atoms with E-state index in [-0.39, 0.29) is 0 Å². The summed E-state index contributed by atoms with van der Waals surface area (Å²) in [7, 11) is 1.66. The van der Waals surface area contributed by atoms with Crippen LogP contribution >= 0.6 is 12.2 Å². The van der Waals surface area contributed by atoms with Gasteiger partial charge in [0.2, 0.25) is 0 Å². The fourth-order valence-corrected chi connectivity index (χ4v) is 3.10. The number of ether oxygens (including phenoxy) is 1. The van der Waals surface area contributed by atoms with Crippen molar-refractivity contribution in [2.24, 2.45) is 11.1 Å². The Morgan fingerprint density at radius 2 is 2.10 bits per heavy atom. The highest BCUT2D eigenvalue weighted by molar-refractivity contribution is 7.80. The zero-order valence-electron chi connectivity index (χ0n) is 13.3. The Balaban J connectivity index is 2.07. The Morgan fingerprint density at radius 1 is 1.33 bits per heavy atom. The van der Waals surface area contributed by atoms with Crippen molar-refractivity contribution in [2.75, 3.05) is 20.2 Å². The summed E-state index contributed by atoms with van der Waals surface area (Å²) in [5, 5.41) is 0. The van der Waals surface area contributed by atoms with Gasteiger partial charge in [-0.1, -0.05) is 32.1 Å². The molecule has 0 radical (unpaired) electrons. The van der Waals surface area contributed by atoms with Gasteiger partial charge in [0, 0.05) is 6.54 Å². The van der Waals surface area contributed by atoms with Crippen molar-refractivity contribution in [1.29, 1.82) is 0 Å². The first kappa shape index (κ1) is 16.2. The van der Waals surface area contributed by atoms with E-state index in [9.17, 15) is 0 Å². The third-order valence-corrected chi connectivity index (χ3v) is 4.59. The topological polar surface area (TPSA) is 38.5 Å². The number of hydrogen-bond acceptors (Lipinski definition) is 3. The molecule has 116 valence electrons. The Morgan fingerprint density at radius 3 is 2.76 bits per heavy atom. The Kier molecular flexibility index (Phi) is 5.22. The molecule has 0 unspecified atom stereocenters. The number of thiocarbonyl (C=S) groups is 1. The van der Waals surface area contributed by atoms with Gasteiger partial charge in [0.15, 0.2) is 0 Å². The lowest BCUT2D eigenvalue weighted by Crippen LogP contribution is -2.25. The molecule has 0 spiro atoms. The predicted octanol–water partition coefficient (Wildman–Crippen LogP) is 3.34. The first-order valence-corrected chi connectivity index (χ1v) is 8.01. The van der Waals surface area contributed by atoms with E-state index in [4.69, 9.17) is 22.7 Å². The maximum Gasteiger partial charge on any atom is 0.129 e. The molecule has 1 aromatic carbocycles. The van der Waals surface area contributed by atoms with Gasteiger partial charge in [-0.15, -0.1) is 0 Å². The van der Waals surface area contributed by atoms with Gasteiger partial charge in [-0.2, -0.15) is 0 Å². The highest BCUT2D eigenvalue weighted by atomic mass is 32.1. The summed E-state index contributed by atoms with van der Waals surface area (Å²) in [6.07, 6.45) is 3.84. The molecule has 2 N–H and O–H groups in total. The van der Waals surface area contributed by atoms with Crippen molar-refractivity contribution in [1.82, 2.24) is 4.90 Å². The van der Waals surface area contributed by atoms with Crippen LogP contribution < -0.4 is 10.5 Å². The zero-order valence-corrected chi connectivity index (χ0v) is 14.1. The summed E-state index contributed by atoms with van der Waals surface area (Å²) >= 11 is 5.05. The van der Waals surface area contributed by atoms with E-state index in [1.165, 1.54) is 31.4 Å². The molecule has 0 aromatic heterocycles. The van der Waals surface area contributed by atoms with Crippen LogP contribution in [0.25, 0.3) is 0 Å². The van der Waals surface area contributed by atoms with Crippen LogP contribution in [-0.4, -0.2) is 30.1 Å². The quantitative estimate of drug-likeness (QED) is 0.866. The number of rotatable bonds is 4. The molecule has 0 aliphatic carbocycles. The van der Waals surface area contributed by atoms with E-state index in [1.54, 1.807) is 7.11 Å². The van der Waals surface area contributed by atoms with Gasteiger partial charge in [-0.3, -0.25) is 4.90 Å². The van der Waals surface area contributed by atoms with Crippen LogP contribution in [-0.2, 0) is 6.54 Å². The van der Waals surface area contributed by atoms with Crippen LogP contribution in [0.2, 0.25) is 0 Å². The Bertz CT molecular complexity index is 514. The number of nitrogens with zero attached hydrogens (tertiary/aromatic N) is 1. The molecular weight excluding hydrogens is 280 g/mol. The maximum absolute atomic E-state index is 5.72. The first-order valence-electron chi connectivity index (χ1n) is 7.60. The van der Waals surface area contributed by atoms with E-state index in [1.807, 2.05) is 6.07 Å². The van der Waals surface area contributed by atoms with E-state index in [0.717, 1.165) is 24.4 Å². The standard InChI is InChI=1S/C17H26N2OS/c1-17(2)7-4-9-19(10-8-17)12-13-5-6-14(16(18)21)15(11-13)20-3/h5-6,11H,4,7-10,12H2,1-3H3,(H2,18,21). The minimum Gasteiger partial charge on any atom is -0.496 e. The highest BCUT2D eigenvalue weighted by Gasteiger charge is 2.23. The summed E-state index contributed by atoms with van der Waals surface area (Å²) in [5.74, 6) is 0.773. The van der Waals surface area contributed by atoms with Crippen molar-refractivity contribution in [3.05, 3.63) is 29.3 Å². The monoisotopic (exact) mass is 306 g/mol. The van der Waals surface area contributed by atoms with E-state index in [2.05, 4.69) is 30.9 Å². The molecule has 1 saturated heterocycles. The Labute approximate surface area is 133 Å². The molecule has 0 bridgehead atoms. The highest BCUT2D eigenvalue weighted by Crippen LogP contribution is 2.30. The van der Waals surface area contributed by atoms with Gasteiger partial charge in [0.1, 0.15) is 10.7 Å². The molecule has 1 fully saturated rings. The van der Waals surface area contributed by atoms with E-state index in [0.29, 0.717) is 10.4 Å². The van der Waals surface area contributed by atoms with E-state index < -0.39 is 0 Å². The fraction of sp³-hybridized carbons (Fsp3) is 0.588. The summed E-state index contributed by atoms with van der Waals surface area (Å²) in [5.41, 5.74) is 8.26. The fourth-order valence-electron chi connectivity index (χ4n) is 2.93. The summed E-state index contributed by atoms with van der Waals surface area (Å²) in [6.45, 7) is 8.03. The van der Waals surface area contributed by atoms with Crippen LogP contribution in [0.1, 0.15) is 44.2 Å². The maximum atomic E-state index is 5.72. The minimum absolute atomic E-state index is 0.384. The molecule has 21 heavy (non-hydrogen) atoms. The average Bonchev–Trinajstić information content (AvgIpc) is 2.60. The van der Waals surface area contributed by atoms with Gasteiger partial charge in [-0.05, 0) is 55.5 Å². The second kappa shape index (κ2) is 6.75. The SMILES string of the molecule is COc1cc(CN2CCCC(C)(C)CC2)ccc1C(N)=S. The van der Waals surface area contributed by atoms with E-state index >= 15 is 0 Å². The number of methoxy groups -OCH3 is 1. The Hall–Kier alpha value is -1.13. The zero-order chi connectivity index (χ0) is 15.5. The minimum atomic E-state index is 0.384. The third kappa shape index (κ3) is 4.42. The molecule has 1 aliphatic heterocycles. The lowest BCUT2D eigenvalue weighted by atomic mass is 9.85. The number of hydrogen-bond donors (Lipinski definition) is 1. The number of likely N-dealkylation sites (tertiary alicyclic amines) is 1. The van der Waals surface area contributed by atoms with Gasteiger partial charge in [0.25, 0.3) is 0 Å². The van der Waals surface area contributed by atoms with Crippen molar-refractivity contribution < 1.29 is 4.74 Å². The molecular formula is C17H26N2OS. The summed E-state index contributed by atoms with van der Waals surface area (Å²) in [4.78, 5) is 2.92. The number of benzene rings is 1. The van der Waals surface area contributed by atoms with Crippen molar-refractivity contribution in [3.63, 3.8) is 0 Å². The average molecular weight is 306 g/mol. The van der Waals surface area contributed by atoms with Crippen LogP contribution in [0.5, 0.6) is 5.75 Å². The normalized spacial score (nSPS) is 19.0. The molecule has 0 saturated carbocycles. The lowest BCUT2D eigenvalue weighted by Gasteiger charge is -2.23. The van der Waals surface area contributed by atoms with Crippen molar-refractivity contribution in [2.45, 2.75) is 39.7 Å². The van der Waals surface area contributed by atoms with Gasteiger partial charge >= 0.3 is 0 Å². The van der Waals surface area contributed by atoms with Crippen LogP contribution in [0.4, 0.5) is 0 Å². The molecule has 0 atom stereocenters. The molecule has 2 rings (SSSR count). The molecule has 1 aromatic rings.